The van der Waals surface area contributed by atoms with Crippen molar-refractivity contribution in [1.29, 1.82) is 0 Å². The lowest BCUT2D eigenvalue weighted by atomic mass is 10.2. The van der Waals surface area contributed by atoms with Gasteiger partial charge in [-0.1, -0.05) is 12.1 Å². The predicted octanol–water partition coefficient (Wildman–Crippen LogP) is 2.10. The van der Waals surface area contributed by atoms with Crippen LogP contribution in [0.1, 0.15) is 5.56 Å². The summed E-state index contributed by atoms with van der Waals surface area (Å²) in [6.45, 7) is 5.25. The highest BCUT2D eigenvalue weighted by atomic mass is 15.3. The molecule has 0 atom stereocenters. The summed E-state index contributed by atoms with van der Waals surface area (Å²) in [5.41, 5.74) is 9.92. The lowest BCUT2D eigenvalue weighted by Crippen LogP contribution is -2.51. The molecule has 0 aliphatic carbocycles. The highest BCUT2D eigenvalue weighted by Gasteiger charge is 2.20. The molecule has 0 unspecified atom stereocenters. The number of anilines is 1. The van der Waals surface area contributed by atoms with E-state index in [0.717, 1.165) is 54.3 Å². The zero-order valence-electron chi connectivity index (χ0n) is 14.7. The Bertz CT molecular complexity index is 945. The molecule has 7 heteroatoms. The van der Waals surface area contributed by atoms with Gasteiger partial charge in [0.15, 0.2) is 5.96 Å². The Morgan fingerprint density at radius 3 is 2.58 bits per heavy atom. The zero-order valence-corrected chi connectivity index (χ0v) is 14.7. The van der Waals surface area contributed by atoms with Gasteiger partial charge in [-0.3, -0.25) is 9.97 Å². The molecule has 0 amide bonds. The molecule has 3 heterocycles. The van der Waals surface area contributed by atoms with E-state index in [-0.39, 0.29) is 0 Å². The summed E-state index contributed by atoms with van der Waals surface area (Å²) in [7, 11) is 0. The van der Waals surface area contributed by atoms with E-state index in [4.69, 9.17) is 10.7 Å². The van der Waals surface area contributed by atoms with E-state index in [1.807, 2.05) is 43.5 Å². The van der Waals surface area contributed by atoms with Crippen LogP contribution in [0.5, 0.6) is 0 Å². The van der Waals surface area contributed by atoms with Crippen molar-refractivity contribution in [3.05, 3.63) is 54.5 Å². The van der Waals surface area contributed by atoms with Gasteiger partial charge in [-0.25, -0.2) is 9.98 Å². The van der Waals surface area contributed by atoms with Crippen molar-refractivity contribution in [1.82, 2.24) is 19.9 Å². The van der Waals surface area contributed by atoms with Crippen LogP contribution < -0.4 is 10.6 Å². The van der Waals surface area contributed by atoms with Gasteiger partial charge < -0.3 is 15.5 Å². The maximum atomic E-state index is 6.21. The fraction of sp³-hybridized carbons (Fsp3) is 0.263. The van der Waals surface area contributed by atoms with Crippen LogP contribution in [-0.2, 0) is 0 Å². The van der Waals surface area contributed by atoms with E-state index in [9.17, 15) is 0 Å². The summed E-state index contributed by atoms with van der Waals surface area (Å²) in [4.78, 5) is 22.2. The maximum absolute atomic E-state index is 6.21. The van der Waals surface area contributed by atoms with Gasteiger partial charge in [0.05, 0.1) is 29.1 Å². The monoisotopic (exact) mass is 347 g/mol. The Labute approximate surface area is 152 Å². The predicted molar refractivity (Wildman–Crippen MR) is 104 cm³/mol. The molecule has 2 N–H and O–H groups in total. The minimum Gasteiger partial charge on any atom is -0.369 e. The van der Waals surface area contributed by atoms with Gasteiger partial charge in [0.1, 0.15) is 5.82 Å². The maximum Gasteiger partial charge on any atom is 0.196 e. The van der Waals surface area contributed by atoms with Crippen LogP contribution in [0.25, 0.3) is 11.0 Å². The van der Waals surface area contributed by atoms with E-state index in [1.165, 1.54) is 0 Å². The molecule has 1 aliphatic rings. The zero-order chi connectivity index (χ0) is 17.9. The molecule has 1 saturated heterocycles. The number of fused-ring (bicyclic) bond motifs is 1. The van der Waals surface area contributed by atoms with E-state index >= 15 is 0 Å². The number of aryl methyl sites for hydroxylation is 1. The van der Waals surface area contributed by atoms with Gasteiger partial charge in [0.2, 0.25) is 0 Å². The van der Waals surface area contributed by atoms with Crippen molar-refractivity contribution in [2.75, 3.05) is 31.1 Å². The number of piperazine rings is 1. The van der Waals surface area contributed by atoms with Crippen LogP contribution in [0.15, 0.2) is 53.9 Å². The third-order valence-electron chi connectivity index (χ3n) is 4.61. The number of aromatic nitrogens is 3. The number of benzene rings is 1. The third-order valence-corrected chi connectivity index (χ3v) is 4.61. The molecule has 1 aliphatic heterocycles. The molecule has 0 bridgehead atoms. The SMILES string of the molecule is Cc1ccncc1N=C(N)N1CCN(c2cnc3ccccc3n2)CC1. The second kappa shape index (κ2) is 6.95. The lowest BCUT2D eigenvalue weighted by Gasteiger charge is -2.35. The van der Waals surface area contributed by atoms with Gasteiger partial charge >= 0.3 is 0 Å². The average Bonchev–Trinajstić information content (AvgIpc) is 2.69. The number of rotatable bonds is 2. The molecule has 0 radical (unpaired) electrons. The standard InChI is InChI=1S/C19H21N7/c1-14-6-7-21-12-17(14)24-19(20)26-10-8-25(9-11-26)18-13-22-15-4-2-3-5-16(15)23-18/h2-7,12-13H,8-11H2,1H3,(H2,20,24). The highest BCUT2D eigenvalue weighted by molar-refractivity contribution is 5.81. The molecule has 1 aromatic carbocycles. The summed E-state index contributed by atoms with van der Waals surface area (Å²) in [5.74, 6) is 1.44. The molecule has 7 nitrogen and oxygen atoms in total. The summed E-state index contributed by atoms with van der Waals surface area (Å²) in [6, 6.07) is 9.85. The van der Waals surface area contributed by atoms with Crippen molar-refractivity contribution in [2.45, 2.75) is 6.92 Å². The number of hydrogen-bond acceptors (Lipinski definition) is 5. The Kier molecular flexibility index (Phi) is 4.35. The quantitative estimate of drug-likeness (QED) is 0.565. The first-order valence-corrected chi connectivity index (χ1v) is 8.67. The van der Waals surface area contributed by atoms with Crippen molar-refractivity contribution in [3.63, 3.8) is 0 Å². The molecule has 132 valence electrons. The summed E-state index contributed by atoms with van der Waals surface area (Å²) in [6.07, 6.45) is 5.34. The fourth-order valence-electron chi connectivity index (χ4n) is 3.03. The second-order valence-electron chi connectivity index (χ2n) is 6.32. The minimum absolute atomic E-state index is 0.533. The molecule has 0 spiro atoms. The number of nitrogens with zero attached hydrogens (tertiary/aromatic N) is 6. The first-order chi connectivity index (χ1) is 12.7. The molecule has 1 fully saturated rings. The largest absolute Gasteiger partial charge is 0.369 e. The van der Waals surface area contributed by atoms with E-state index in [0.29, 0.717) is 5.96 Å². The minimum atomic E-state index is 0.533. The Hall–Kier alpha value is -3.22. The molecular weight excluding hydrogens is 326 g/mol. The summed E-state index contributed by atoms with van der Waals surface area (Å²) in [5, 5.41) is 0. The van der Waals surface area contributed by atoms with Gasteiger partial charge in [0.25, 0.3) is 0 Å². The van der Waals surface area contributed by atoms with Gasteiger partial charge in [-0.15, -0.1) is 0 Å². The first kappa shape index (κ1) is 16.3. The summed E-state index contributed by atoms with van der Waals surface area (Å²) < 4.78 is 0. The number of para-hydroxylation sites is 2. The van der Waals surface area contributed by atoms with Crippen LogP contribution >= 0.6 is 0 Å². The molecule has 26 heavy (non-hydrogen) atoms. The van der Waals surface area contributed by atoms with Gasteiger partial charge in [-0.05, 0) is 30.7 Å². The fourth-order valence-corrected chi connectivity index (χ4v) is 3.03. The number of aliphatic imine (C=N–C) groups is 1. The number of hydrogen-bond donors (Lipinski definition) is 1. The molecule has 2 aromatic heterocycles. The van der Waals surface area contributed by atoms with Crippen molar-refractivity contribution in [2.24, 2.45) is 10.7 Å². The number of nitrogens with two attached hydrogens (primary N) is 1. The van der Waals surface area contributed by atoms with Crippen molar-refractivity contribution < 1.29 is 0 Å². The first-order valence-electron chi connectivity index (χ1n) is 8.67. The number of guanidine groups is 1. The van der Waals surface area contributed by atoms with E-state index in [2.05, 4.69) is 24.8 Å². The Balaban J connectivity index is 1.45. The lowest BCUT2D eigenvalue weighted by molar-refractivity contribution is 0.381. The topological polar surface area (TPSA) is 83.5 Å². The smallest absolute Gasteiger partial charge is 0.196 e. The molecule has 4 rings (SSSR count). The Morgan fingerprint density at radius 1 is 1.04 bits per heavy atom. The van der Waals surface area contributed by atoms with Crippen LogP contribution in [0.3, 0.4) is 0 Å². The molecular formula is C19H21N7. The van der Waals surface area contributed by atoms with Crippen LogP contribution in [0, 0.1) is 6.92 Å². The van der Waals surface area contributed by atoms with Crippen molar-refractivity contribution in [3.8, 4) is 0 Å². The van der Waals surface area contributed by atoms with E-state index < -0.39 is 0 Å². The highest BCUT2D eigenvalue weighted by Crippen LogP contribution is 2.18. The average molecular weight is 347 g/mol. The Morgan fingerprint density at radius 2 is 1.81 bits per heavy atom. The molecule has 0 saturated carbocycles. The second-order valence-corrected chi connectivity index (χ2v) is 6.32. The van der Waals surface area contributed by atoms with Crippen LogP contribution in [0.4, 0.5) is 11.5 Å². The molecule has 3 aromatic rings. The normalized spacial score (nSPS) is 15.5. The van der Waals surface area contributed by atoms with Crippen LogP contribution in [-0.4, -0.2) is 52.0 Å². The van der Waals surface area contributed by atoms with Gasteiger partial charge in [-0.2, -0.15) is 0 Å². The van der Waals surface area contributed by atoms with Crippen LogP contribution in [0.2, 0.25) is 0 Å². The number of pyridine rings is 1. The van der Waals surface area contributed by atoms with Gasteiger partial charge in [0, 0.05) is 32.4 Å². The van der Waals surface area contributed by atoms with E-state index in [1.54, 1.807) is 12.4 Å². The third kappa shape index (κ3) is 3.28. The summed E-state index contributed by atoms with van der Waals surface area (Å²) >= 11 is 0. The van der Waals surface area contributed by atoms with Crippen molar-refractivity contribution >= 4 is 28.5 Å².